The lowest BCUT2D eigenvalue weighted by molar-refractivity contribution is -0.116. The maximum absolute atomic E-state index is 12.2. The second-order valence-electron chi connectivity index (χ2n) is 5.43. The normalized spacial score (nSPS) is 13.8. The van der Waals surface area contributed by atoms with Crippen LogP contribution in [-0.2, 0) is 9.59 Å². The molecule has 0 spiro atoms. The summed E-state index contributed by atoms with van der Waals surface area (Å²) >= 11 is 7.40. The van der Waals surface area contributed by atoms with E-state index in [0.29, 0.717) is 15.9 Å². The molecule has 2 amide bonds. The minimum atomic E-state index is -0.157. The second-order valence-corrected chi connectivity index (χ2v) is 6.78. The third kappa shape index (κ3) is 4.03. The molecule has 0 saturated carbocycles. The van der Waals surface area contributed by atoms with Crippen LogP contribution in [0.5, 0.6) is 0 Å². The van der Waals surface area contributed by atoms with Crippen molar-refractivity contribution < 1.29 is 9.59 Å². The molecule has 128 valence electrons. The number of aliphatic imine (C=N–C) groups is 1. The van der Waals surface area contributed by atoms with Gasteiger partial charge in [0.25, 0.3) is 5.91 Å². The molecule has 1 aliphatic rings. The number of carbonyl (C=O) groups excluding carboxylic acids is 2. The van der Waals surface area contributed by atoms with Crippen molar-refractivity contribution in [2.75, 3.05) is 22.5 Å². The third-order valence-electron chi connectivity index (χ3n) is 3.64. The number of carbonyl (C=O) groups is 2. The summed E-state index contributed by atoms with van der Waals surface area (Å²) < 4.78 is 0. The summed E-state index contributed by atoms with van der Waals surface area (Å²) in [5, 5.41) is 3.82. The van der Waals surface area contributed by atoms with Crippen molar-refractivity contribution in [1.82, 2.24) is 0 Å². The largest absolute Gasteiger partial charge is 0.325 e. The molecule has 0 bridgehead atoms. The van der Waals surface area contributed by atoms with E-state index in [4.69, 9.17) is 11.6 Å². The van der Waals surface area contributed by atoms with Crippen molar-refractivity contribution >= 4 is 51.7 Å². The maximum atomic E-state index is 12.2. The van der Waals surface area contributed by atoms with Crippen molar-refractivity contribution in [3.63, 3.8) is 0 Å². The van der Waals surface area contributed by atoms with Gasteiger partial charge in [-0.3, -0.25) is 19.5 Å². The van der Waals surface area contributed by atoms with Gasteiger partial charge in [0.1, 0.15) is 6.54 Å². The van der Waals surface area contributed by atoms with E-state index in [0.717, 1.165) is 11.3 Å². The molecule has 25 heavy (non-hydrogen) atoms. The minimum Gasteiger partial charge on any atom is -0.325 e. The Morgan fingerprint density at radius 2 is 1.96 bits per heavy atom. The molecule has 7 heteroatoms. The van der Waals surface area contributed by atoms with Gasteiger partial charge in [-0.1, -0.05) is 53.7 Å². The Hall–Kier alpha value is -2.31. The SMILES string of the molecule is Cc1ccccc1NC(=O)CSC1=NCC(=O)N1c1ccccc1Cl. The van der Waals surface area contributed by atoms with Crippen molar-refractivity contribution in [3.8, 4) is 0 Å². The summed E-state index contributed by atoms with van der Waals surface area (Å²) in [7, 11) is 0. The highest BCUT2D eigenvalue weighted by Crippen LogP contribution is 2.30. The van der Waals surface area contributed by atoms with Crippen LogP contribution < -0.4 is 10.2 Å². The van der Waals surface area contributed by atoms with Crippen LogP contribution in [0, 0.1) is 6.92 Å². The molecule has 2 aromatic carbocycles. The van der Waals surface area contributed by atoms with E-state index in [1.54, 1.807) is 24.3 Å². The van der Waals surface area contributed by atoms with E-state index in [1.165, 1.54) is 16.7 Å². The van der Waals surface area contributed by atoms with Gasteiger partial charge in [0.15, 0.2) is 5.17 Å². The van der Waals surface area contributed by atoms with Crippen LogP contribution in [0.4, 0.5) is 11.4 Å². The first-order valence-corrected chi connectivity index (χ1v) is 9.03. The van der Waals surface area contributed by atoms with E-state index in [9.17, 15) is 9.59 Å². The first kappa shape index (κ1) is 17.5. The molecule has 0 radical (unpaired) electrons. The van der Waals surface area contributed by atoms with Gasteiger partial charge >= 0.3 is 0 Å². The predicted octanol–water partition coefficient (Wildman–Crippen LogP) is 3.72. The average Bonchev–Trinajstić information content (AvgIpc) is 2.96. The molecule has 0 aromatic heterocycles. The molecular formula is C18H16ClN3O2S. The summed E-state index contributed by atoms with van der Waals surface area (Å²) in [6.07, 6.45) is 0. The highest BCUT2D eigenvalue weighted by atomic mass is 35.5. The number of anilines is 2. The van der Waals surface area contributed by atoms with E-state index in [-0.39, 0.29) is 24.1 Å². The van der Waals surface area contributed by atoms with Crippen molar-refractivity contribution in [3.05, 3.63) is 59.1 Å². The van der Waals surface area contributed by atoms with Gasteiger partial charge in [0.2, 0.25) is 5.91 Å². The maximum Gasteiger partial charge on any atom is 0.254 e. The lowest BCUT2D eigenvalue weighted by atomic mass is 10.2. The zero-order chi connectivity index (χ0) is 17.8. The van der Waals surface area contributed by atoms with Crippen molar-refractivity contribution in [2.45, 2.75) is 6.92 Å². The van der Waals surface area contributed by atoms with E-state index < -0.39 is 0 Å². The zero-order valence-corrected chi connectivity index (χ0v) is 15.1. The summed E-state index contributed by atoms with van der Waals surface area (Å²) in [6, 6.07) is 14.7. The Labute approximate surface area is 155 Å². The van der Waals surface area contributed by atoms with Gasteiger partial charge in [-0.15, -0.1) is 0 Å². The molecule has 0 unspecified atom stereocenters. The van der Waals surface area contributed by atoms with Crippen LogP contribution in [0.25, 0.3) is 0 Å². The number of thioether (sulfide) groups is 1. The summed E-state index contributed by atoms with van der Waals surface area (Å²) in [5.41, 5.74) is 2.35. The lowest BCUT2D eigenvalue weighted by Crippen LogP contribution is -2.31. The van der Waals surface area contributed by atoms with Gasteiger partial charge in [-0.2, -0.15) is 0 Å². The van der Waals surface area contributed by atoms with Crippen LogP contribution in [0.1, 0.15) is 5.56 Å². The van der Waals surface area contributed by atoms with E-state index >= 15 is 0 Å². The predicted molar refractivity (Wildman–Crippen MR) is 104 cm³/mol. The van der Waals surface area contributed by atoms with Gasteiger partial charge < -0.3 is 5.32 Å². The van der Waals surface area contributed by atoms with Crippen LogP contribution >= 0.6 is 23.4 Å². The molecule has 1 N–H and O–H groups in total. The standard InChI is InChI=1S/C18H16ClN3O2S/c1-12-6-2-4-8-14(12)21-16(23)11-25-18-20-10-17(24)22(18)15-9-5-3-7-13(15)19/h2-9H,10-11H2,1H3,(H,21,23). The highest BCUT2D eigenvalue weighted by molar-refractivity contribution is 8.14. The molecule has 0 fully saturated rings. The molecule has 1 aliphatic heterocycles. The first-order valence-electron chi connectivity index (χ1n) is 7.66. The topological polar surface area (TPSA) is 61.8 Å². The Morgan fingerprint density at radius 3 is 2.72 bits per heavy atom. The number of amidine groups is 1. The second kappa shape index (κ2) is 7.72. The molecule has 2 aromatic rings. The van der Waals surface area contributed by atoms with Gasteiger partial charge in [0.05, 0.1) is 16.5 Å². The van der Waals surface area contributed by atoms with E-state index in [2.05, 4.69) is 10.3 Å². The highest BCUT2D eigenvalue weighted by Gasteiger charge is 2.29. The first-order chi connectivity index (χ1) is 12.1. The fourth-order valence-electron chi connectivity index (χ4n) is 2.39. The van der Waals surface area contributed by atoms with Crippen molar-refractivity contribution in [2.24, 2.45) is 4.99 Å². The summed E-state index contributed by atoms with van der Waals surface area (Å²) in [4.78, 5) is 30.0. The molecule has 0 atom stereocenters. The average molecular weight is 374 g/mol. The number of para-hydroxylation sites is 2. The molecule has 1 heterocycles. The Kier molecular flexibility index (Phi) is 5.40. The smallest absolute Gasteiger partial charge is 0.254 e. The molecular weight excluding hydrogens is 358 g/mol. The van der Waals surface area contributed by atoms with Crippen LogP contribution in [0.2, 0.25) is 5.02 Å². The van der Waals surface area contributed by atoms with E-state index in [1.807, 2.05) is 31.2 Å². The lowest BCUT2D eigenvalue weighted by Gasteiger charge is -2.19. The monoisotopic (exact) mass is 373 g/mol. The number of hydrogen-bond acceptors (Lipinski definition) is 4. The number of nitrogens with zero attached hydrogens (tertiary/aromatic N) is 2. The molecule has 0 aliphatic carbocycles. The number of benzene rings is 2. The fraction of sp³-hybridized carbons (Fsp3) is 0.167. The molecule has 0 saturated heterocycles. The Bertz CT molecular complexity index is 854. The Morgan fingerprint density at radius 1 is 1.24 bits per heavy atom. The zero-order valence-electron chi connectivity index (χ0n) is 13.5. The third-order valence-corrected chi connectivity index (χ3v) is 4.93. The van der Waals surface area contributed by atoms with Gasteiger partial charge in [-0.05, 0) is 30.7 Å². The summed E-state index contributed by atoms with van der Waals surface area (Å²) in [5.74, 6) is -0.156. The Balaban J connectivity index is 1.66. The number of nitrogens with one attached hydrogen (secondary N) is 1. The van der Waals surface area contributed by atoms with Crippen LogP contribution in [0.15, 0.2) is 53.5 Å². The van der Waals surface area contributed by atoms with Gasteiger partial charge in [0, 0.05) is 5.69 Å². The number of halogens is 1. The van der Waals surface area contributed by atoms with Gasteiger partial charge in [-0.25, -0.2) is 0 Å². The molecule has 3 rings (SSSR count). The minimum absolute atomic E-state index is 0.0625. The number of rotatable bonds is 4. The quantitative estimate of drug-likeness (QED) is 0.888. The number of amides is 2. The van der Waals surface area contributed by atoms with Crippen molar-refractivity contribution in [1.29, 1.82) is 0 Å². The molecule has 5 nitrogen and oxygen atoms in total. The number of aryl methyl sites for hydroxylation is 1. The van der Waals surface area contributed by atoms with Crippen LogP contribution in [-0.4, -0.2) is 29.3 Å². The summed E-state index contributed by atoms with van der Waals surface area (Å²) in [6.45, 7) is 1.99. The number of hydrogen-bond donors (Lipinski definition) is 1. The fourth-order valence-corrected chi connectivity index (χ4v) is 3.43. The van der Waals surface area contributed by atoms with Crippen LogP contribution in [0.3, 0.4) is 0 Å².